The van der Waals surface area contributed by atoms with Gasteiger partial charge in [-0.1, -0.05) is 38.5 Å². The standard InChI is InChI=1S/C18H33N5S/c1-5-7-16(8-6-2)19-13-15-14-20-18(24-4)21-17(15)23-11-9-22(3)10-12-23/h14,16,19H,5-13H2,1-4H3. The molecule has 0 unspecified atom stereocenters. The van der Waals surface area contributed by atoms with Crippen LogP contribution < -0.4 is 10.2 Å². The molecule has 5 nitrogen and oxygen atoms in total. The van der Waals surface area contributed by atoms with Crippen LogP contribution in [-0.2, 0) is 6.54 Å². The van der Waals surface area contributed by atoms with E-state index in [-0.39, 0.29) is 0 Å². The highest BCUT2D eigenvalue weighted by molar-refractivity contribution is 7.98. The number of anilines is 1. The van der Waals surface area contributed by atoms with Crippen molar-refractivity contribution in [2.24, 2.45) is 0 Å². The lowest BCUT2D eigenvalue weighted by Gasteiger charge is -2.34. The molecule has 1 aromatic heterocycles. The Labute approximate surface area is 151 Å². The predicted octanol–water partition coefficient (Wildman–Crippen LogP) is 3.01. The molecule has 6 heteroatoms. The van der Waals surface area contributed by atoms with Crippen molar-refractivity contribution in [3.8, 4) is 0 Å². The molecule has 0 saturated carbocycles. The van der Waals surface area contributed by atoms with Crippen LogP contribution in [0.1, 0.15) is 45.1 Å². The zero-order chi connectivity index (χ0) is 17.4. The molecule has 0 aliphatic carbocycles. The van der Waals surface area contributed by atoms with Gasteiger partial charge in [-0.3, -0.25) is 0 Å². The van der Waals surface area contributed by atoms with Gasteiger partial charge in [0, 0.05) is 50.5 Å². The Morgan fingerprint density at radius 2 is 1.83 bits per heavy atom. The number of aromatic nitrogens is 2. The monoisotopic (exact) mass is 351 g/mol. The van der Waals surface area contributed by atoms with Gasteiger partial charge in [-0.25, -0.2) is 9.97 Å². The van der Waals surface area contributed by atoms with E-state index >= 15 is 0 Å². The summed E-state index contributed by atoms with van der Waals surface area (Å²) in [6.07, 6.45) is 8.99. The quantitative estimate of drug-likeness (QED) is 0.545. The fourth-order valence-electron chi connectivity index (χ4n) is 3.20. The summed E-state index contributed by atoms with van der Waals surface area (Å²) in [5, 5.41) is 4.61. The maximum absolute atomic E-state index is 4.83. The van der Waals surface area contributed by atoms with Crippen LogP contribution in [0.5, 0.6) is 0 Å². The van der Waals surface area contributed by atoms with Crippen LogP contribution in [0.25, 0.3) is 0 Å². The molecule has 136 valence electrons. The first-order valence-corrected chi connectivity index (χ1v) is 10.5. The molecule has 2 rings (SSSR count). The van der Waals surface area contributed by atoms with Gasteiger partial charge in [0.15, 0.2) is 5.16 Å². The highest BCUT2D eigenvalue weighted by Gasteiger charge is 2.19. The molecule has 0 bridgehead atoms. The van der Waals surface area contributed by atoms with Crippen LogP contribution in [-0.4, -0.2) is 60.4 Å². The smallest absolute Gasteiger partial charge is 0.189 e. The van der Waals surface area contributed by atoms with Crippen LogP contribution in [0.15, 0.2) is 11.4 Å². The lowest BCUT2D eigenvalue weighted by Crippen LogP contribution is -2.45. The summed E-state index contributed by atoms with van der Waals surface area (Å²) in [4.78, 5) is 14.1. The fourth-order valence-corrected chi connectivity index (χ4v) is 3.53. The highest BCUT2D eigenvalue weighted by atomic mass is 32.2. The van der Waals surface area contributed by atoms with Gasteiger partial charge in [0.1, 0.15) is 5.82 Å². The first-order valence-electron chi connectivity index (χ1n) is 9.24. The van der Waals surface area contributed by atoms with Crippen LogP contribution >= 0.6 is 11.8 Å². The third kappa shape index (κ3) is 5.60. The third-order valence-corrected chi connectivity index (χ3v) is 5.22. The summed E-state index contributed by atoms with van der Waals surface area (Å²) in [5.74, 6) is 1.13. The SMILES string of the molecule is CCCC(CCC)NCc1cnc(SC)nc1N1CCN(C)CC1. The predicted molar refractivity (Wildman–Crippen MR) is 104 cm³/mol. The van der Waals surface area contributed by atoms with Crippen molar-refractivity contribution in [1.29, 1.82) is 0 Å². The Kier molecular flexibility index (Phi) is 8.29. The summed E-state index contributed by atoms with van der Waals surface area (Å²) in [7, 11) is 2.19. The lowest BCUT2D eigenvalue weighted by atomic mass is 10.1. The molecular formula is C18H33N5S. The van der Waals surface area contributed by atoms with Gasteiger partial charge >= 0.3 is 0 Å². The Bertz CT molecular complexity index is 482. The average molecular weight is 352 g/mol. The van der Waals surface area contributed by atoms with Crippen molar-refractivity contribution in [2.75, 3.05) is 44.4 Å². The number of nitrogens with zero attached hydrogens (tertiary/aromatic N) is 4. The van der Waals surface area contributed by atoms with Crippen molar-refractivity contribution in [3.05, 3.63) is 11.8 Å². The fraction of sp³-hybridized carbons (Fsp3) is 0.778. The Morgan fingerprint density at radius 1 is 1.17 bits per heavy atom. The van der Waals surface area contributed by atoms with Gasteiger partial charge in [-0.15, -0.1) is 0 Å². The zero-order valence-electron chi connectivity index (χ0n) is 15.7. The molecule has 1 aromatic rings. The second kappa shape index (κ2) is 10.2. The molecule has 2 heterocycles. The molecule has 0 spiro atoms. The second-order valence-electron chi connectivity index (χ2n) is 6.65. The molecule has 24 heavy (non-hydrogen) atoms. The molecule has 0 amide bonds. The number of likely N-dealkylation sites (N-methyl/N-ethyl adjacent to an activating group) is 1. The minimum Gasteiger partial charge on any atom is -0.354 e. The van der Waals surface area contributed by atoms with Gasteiger partial charge in [0.25, 0.3) is 0 Å². The Hall–Kier alpha value is -0.850. The molecule has 1 saturated heterocycles. The molecule has 0 atom stereocenters. The van der Waals surface area contributed by atoms with Crippen molar-refractivity contribution in [1.82, 2.24) is 20.2 Å². The van der Waals surface area contributed by atoms with Gasteiger partial charge in [-0.2, -0.15) is 0 Å². The van der Waals surface area contributed by atoms with E-state index in [0.29, 0.717) is 6.04 Å². The number of hydrogen-bond donors (Lipinski definition) is 1. The molecule has 1 fully saturated rings. The Morgan fingerprint density at radius 3 is 2.42 bits per heavy atom. The van der Waals surface area contributed by atoms with Crippen LogP contribution in [0.2, 0.25) is 0 Å². The second-order valence-corrected chi connectivity index (χ2v) is 7.42. The van der Waals surface area contributed by atoms with Crippen molar-refractivity contribution >= 4 is 17.6 Å². The van der Waals surface area contributed by atoms with Gasteiger partial charge < -0.3 is 15.1 Å². The number of piperazine rings is 1. The van der Waals surface area contributed by atoms with Crippen molar-refractivity contribution < 1.29 is 0 Å². The summed E-state index contributed by atoms with van der Waals surface area (Å²) < 4.78 is 0. The molecular weight excluding hydrogens is 318 g/mol. The van der Waals surface area contributed by atoms with Crippen molar-refractivity contribution in [2.45, 2.75) is 57.3 Å². The normalized spacial score (nSPS) is 16.1. The van der Waals surface area contributed by atoms with Gasteiger partial charge in [0.2, 0.25) is 0 Å². The van der Waals surface area contributed by atoms with E-state index in [1.807, 2.05) is 12.5 Å². The molecule has 1 N–H and O–H groups in total. The maximum Gasteiger partial charge on any atom is 0.189 e. The molecule has 1 aliphatic rings. The Balaban J connectivity index is 2.10. The topological polar surface area (TPSA) is 44.3 Å². The first-order chi connectivity index (χ1) is 11.7. The largest absolute Gasteiger partial charge is 0.354 e. The van der Waals surface area contributed by atoms with Crippen LogP contribution in [0.4, 0.5) is 5.82 Å². The van der Waals surface area contributed by atoms with E-state index in [4.69, 9.17) is 4.98 Å². The van der Waals surface area contributed by atoms with E-state index in [2.05, 4.69) is 41.0 Å². The zero-order valence-corrected chi connectivity index (χ0v) is 16.5. The van der Waals surface area contributed by atoms with Crippen LogP contribution in [0.3, 0.4) is 0 Å². The third-order valence-electron chi connectivity index (χ3n) is 4.66. The summed E-state index contributed by atoms with van der Waals surface area (Å²) in [6, 6.07) is 0.598. The molecule has 0 radical (unpaired) electrons. The maximum atomic E-state index is 4.83. The minimum absolute atomic E-state index is 0.598. The number of thioether (sulfide) groups is 1. The molecule has 1 aliphatic heterocycles. The van der Waals surface area contributed by atoms with Crippen LogP contribution in [0, 0.1) is 0 Å². The van der Waals surface area contributed by atoms with E-state index in [1.54, 1.807) is 11.8 Å². The summed E-state index contributed by atoms with van der Waals surface area (Å²) in [5.41, 5.74) is 1.23. The number of rotatable bonds is 9. The lowest BCUT2D eigenvalue weighted by molar-refractivity contribution is 0.311. The number of nitrogens with one attached hydrogen (secondary N) is 1. The highest BCUT2D eigenvalue weighted by Crippen LogP contribution is 2.22. The van der Waals surface area contributed by atoms with Crippen molar-refractivity contribution in [3.63, 3.8) is 0 Å². The van der Waals surface area contributed by atoms with Gasteiger partial charge in [-0.05, 0) is 26.1 Å². The summed E-state index contributed by atoms with van der Waals surface area (Å²) >= 11 is 1.62. The van der Waals surface area contributed by atoms with E-state index in [0.717, 1.165) is 43.7 Å². The van der Waals surface area contributed by atoms with E-state index in [1.165, 1.54) is 31.2 Å². The van der Waals surface area contributed by atoms with E-state index < -0.39 is 0 Å². The average Bonchev–Trinajstić information content (AvgIpc) is 2.60. The van der Waals surface area contributed by atoms with E-state index in [9.17, 15) is 0 Å². The first kappa shape index (κ1) is 19.5. The number of hydrogen-bond acceptors (Lipinski definition) is 6. The molecule has 0 aromatic carbocycles. The van der Waals surface area contributed by atoms with Gasteiger partial charge in [0.05, 0.1) is 0 Å². The summed E-state index contributed by atoms with van der Waals surface area (Å²) in [6.45, 7) is 9.66. The minimum atomic E-state index is 0.598.